The fourth-order valence-corrected chi connectivity index (χ4v) is 23.6. The van der Waals surface area contributed by atoms with Gasteiger partial charge in [-0.25, -0.2) is 0 Å². The van der Waals surface area contributed by atoms with Crippen LogP contribution in [-0.2, 0) is 0 Å². The van der Waals surface area contributed by atoms with E-state index in [-0.39, 0.29) is 26.9 Å². The zero-order valence-corrected chi connectivity index (χ0v) is 69.6. The molecule has 0 N–H and O–H groups in total. The van der Waals surface area contributed by atoms with Crippen LogP contribution in [0.5, 0.6) is 0 Å². The molecule has 0 saturated heterocycles. The molecule has 12 heteroatoms. The zero-order chi connectivity index (χ0) is 83.5. The summed E-state index contributed by atoms with van der Waals surface area (Å²) in [5, 5.41) is 4.91. The maximum atomic E-state index is 2.58. The molecule has 590 valence electrons. The molecule has 0 saturated carbocycles. The lowest BCUT2D eigenvalue weighted by Gasteiger charge is -2.46. The first-order valence-corrected chi connectivity index (χ1v) is 44.6. The Labute approximate surface area is 744 Å². The Morgan fingerprint density at radius 1 is 0.117 bits per heavy atom. The van der Waals surface area contributed by atoms with Gasteiger partial charge in [0.15, 0.2) is 0 Å². The number of hydrogen-bond acceptors (Lipinski definition) is 8. The van der Waals surface area contributed by atoms with Crippen LogP contribution in [0.25, 0.3) is 32.7 Å². The molecule has 20 aromatic rings. The van der Waals surface area contributed by atoms with E-state index in [2.05, 4.69) is 488 Å². The molecule has 8 aliphatic heterocycles. The van der Waals surface area contributed by atoms with Crippen molar-refractivity contribution in [2.24, 2.45) is 0 Å². The van der Waals surface area contributed by atoms with Gasteiger partial charge in [-0.3, -0.25) is 0 Å². The standard InChI is InChI=1S/C116H74B4N8/c1-7-31-77(32-8-1)121-95-47-23-19-43-89(95)117-93-71-67-88-87(115(93)127(81-39-15-5-16-40-81)105-57-29-51-99(121)111(105)117)68-72-94-116(88)128(82-41-17-6-18-42-82)106-58-30-52-100-112(106)118(94)90-44-20-24-48-96(90)124(100)83-63-59-75(60-64-83)76-61-65-84(66-62-76)126-104-56-28-54-102-114(104)120(92-46-22-26-50-98(92)123(102)79-35-11-3-12-36-79)110-86-69-73-107-109(85(86)70-74-108(110)126)119-91-45-21-25-49-97(91)122(78-33-9-2-10-34-78)101-53-27-55-103(113(101)119)125(107)80-37-13-4-14-38-80/h1-74H. The van der Waals surface area contributed by atoms with Crippen LogP contribution in [0, 0.1) is 0 Å². The maximum absolute atomic E-state index is 2.58. The van der Waals surface area contributed by atoms with Gasteiger partial charge in [-0.1, -0.05) is 267 Å². The van der Waals surface area contributed by atoms with E-state index in [1.54, 1.807) is 0 Å². The van der Waals surface area contributed by atoms with E-state index >= 15 is 0 Å². The van der Waals surface area contributed by atoms with Gasteiger partial charge in [0, 0.05) is 147 Å². The van der Waals surface area contributed by atoms with Gasteiger partial charge in [0.25, 0.3) is 26.9 Å². The van der Waals surface area contributed by atoms with E-state index in [4.69, 9.17) is 0 Å². The van der Waals surface area contributed by atoms with Crippen LogP contribution in [0.3, 0.4) is 0 Å². The molecule has 8 heterocycles. The summed E-state index contributed by atoms with van der Waals surface area (Å²) in [5.41, 5.74) is 45.7. The van der Waals surface area contributed by atoms with E-state index in [1.165, 1.54) is 178 Å². The van der Waals surface area contributed by atoms with Crippen molar-refractivity contribution < 1.29 is 0 Å². The molecule has 28 rings (SSSR count). The number of anilines is 24. The molecular formula is C116H74B4N8. The van der Waals surface area contributed by atoms with E-state index in [0.717, 1.165) is 56.6 Å². The maximum Gasteiger partial charge on any atom is 0.252 e. The summed E-state index contributed by atoms with van der Waals surface area (Å²) in [6.45, 7) is -0.307. The molecule has 0 fully saturated rings. The number of para-hydroxylation sites is 10. The minimum atomic E-state index is -0.114. The second-order valence-corrected chi connectivity index (χ2v) is 34.8. The van der Waals surface area contributed by atoms with Gasteiger partial charge in [0.2, 0.25) is 0 Å². The van der Waals surface area contributed by atoms with Gasteiger partial charge in [-0.15, -0.1) is 0 Å². The second kappa shape index (κ2) is 27.5. The number of fused-ring (bicyclic) bond motifs is 22. The largest absolute Gasteiger partial charge is 0.311 e. The summed E-state index contributed by atoms with van der Waals surface area (Å²) in [7, 11) is 0. The Morgan fingerprint density at radius 3 is 0.609 bits per heavy atom. The summed E-state index contributed by atoms with van der Waals surface area (Å²) in [4.78, 5) is 20.2. The Hall–Kier alpha value is -16.4. The predicted octanol–water partition coefficient (Wildman–Crippen LogP) is 22.0. The smallest absolute Gasteiger partial charge is 0.252 e. The van der Waals surface area contributed by atoms with Gasteiger partial charge < -0.3 is 39.2 Å². The van der Waals surface area contributed by atoms with Crippen molar-refractivity contribution in [3.63, 3.8) is 0 Å². The fourth-order valence-electron chi connectivity index (χ4n) is 23.6. The van der Waals surface area contributed by atoms with Gasteiger partial charge in [0.05, 0.1) is 0 Å². The Balaban J connectivity index is 0.575. The summed E-state index contributed by atoms with van der Waals surface area (Å²) >= 11 is 0. The number of rotatable bonds is 9. The molecule has 0 atom stereocenters. The molecule has 0 radical (unpaired) electrons. The van der Waals surface area contributed by atoms with Gasteiger partial charge >= 0.3 is 0 Å². The summed E-state index contributed by atoms with van der Waals surface area (Å²) < 4.78 is 0. The van der Waals surface area contributed by atoms with Crippen molar-refractivity contribution in [3.05, 3.63) is 449 Å². The minimum Gasteiger partial charge on any atom is -0.311 e. The van der Waals surface area contributed by atoms with E-state index in [9.17, 15) is 0 Å². The number of nitrogens with zero attached hydrogens (tertiary/aromatic N) is 8. The third kappa shape index (κ3) is 9.99. The lowest BCUT2D eigenvalue weighted by molar-refractivity contribution is 1.25. The normalized spacial score (nSPS) is 13.9. The second-order valence-electron chi connectivity index (χ2n) is 34.8. The molecular weight excluding hydrogens is 1550 g/mol. The van der Waals surface area contributed by atoms with Crippen LogP contribution >= 0.6 is 0 Å². The molecule has 0 aliphatic carbocycles. The Morgan fingerprint density at radius 2 is 0.320 bits per heavy atom. The monoisotopic (exact) mass is 1620 g/mol. The third-order valence-corrected chi connectivity index (χ3v) is 28.5. The highest BCUT2D eigenvalue weighted by molar-refractivity contribution is 7.04. The summed E-state index contributed by atoms with van der Waals surface area (Å²) in [6.07, 6.45) is 0. The average molecular weight is 1620 g/mol. The van der Waals surface area contributed by atoms with Crippen LogP contribution in [0.15, 0.2) is 449 Å². The first kappa shape index (κ1) is 71.0. The Kier molecular flexibility index (Phi) is 15.3. The van der Waals surface area contributed by atoms with Crippen molar-refractivity contribution in [3.8, 4) is 11.1 Å². The SMILES string of the molecule is c1ccc(N2c3ccccc3B3c4c2cccc4N(c2ccccc2)c2ccc4c5c(ccc4c23)N(c2ccc(-c3ccc(N4c6ccccc6B6c7ccc8c9c(ccc8c7N(c7ccccc7)c7cccc4c76)B4c6ccccc6N(c6ccccc6)c6cccc(c64)N9c4ccccc4)cc3)cc2)c2cccc3c2B5c2ccccc2N3c2ccccc2)cc1. The molecule has 0 spiro atoms. The van der Waals surface area contributed by atoms with Gasteiger partial charge in [0.1, 0.15) is 0 Å². The van der Waals surface area contributed by atoms with Crippen molar-refractivity contribution >= 4 is 250 Å². The van der Waals surface area contributed by atoms with E-state index < -0.39 is 0 Å². The highest BCUT2D eigenvalue weighted by atomic mass is 15.2. The number of hydrogen-bond donors (Lipinski definition) is 0. The van der Waals surface area contributed by atoms with Gasteiger partial charge in [-0.05, 0) is 269 Å². The van der Waals surface area contributed by atoms with Crippen LogP contribution in [0.1, 0.15) is 0 Å². The van der Waals surface area contributed by atoms with E-state index in [0.29, 0.717) is 0 Å². The molecule has 8 aliphatic rings. The fraction of sp³-hybridized carbons (Fsp3) is 0. The zero-order valence-electron chi connectivity index (χ0n) is 69.6. The van der Waals surface area contributed by atoms with Crippen LogP contribution in [0.2, 0.25) is 0 Å². The van der Waals surface area contributed by atoms with Crippen LogP contribution in [-0.4, -0.2) is 26.9 Å². The first-order chi connectivity index (χ1) is 63.6. The highest BCUT2D eigenvalue weighted by Crippen LogP contribution is 2.54. The van der Waals surface area contributed by atoms with Crippen molar-refractivity contribution in [1.29, 1.82) is 0 Å². The minimum absolute atomic E-state index is 0.0260. The van der Waals surface area contributed by atoms with Crippen LogP contribution in [0.4, 0.5) is 136 Å². The topological polar surface area (TPSA) is 25.9 Å². The van der Waals surface area contributed by atoms with Gasteiger partial charge in [-0.2, -0.15) is 0 Å². The molecule has 8 nitrogen and oxygen atoms in total. The average Bonchev–Trinajstić information content (AvgIpc) is 0.687. The van der Waals surface area contributed by atoms with Crippen molar-refractivity contribution in [1.82, 2.24) is 0 Å². The molecule has 0 bridgehead atoms. The first-order valence-electron chi connectivity index (χ1n) is 44.6. The van der Waals surface area contributed by atoms with Crippen LogP contribution < -0.4 is 105 Å². The third-order valence-electron chi connectivity index (χ3n) is 28.5. The molecule has 20 aromatic carbocycles. The highest BCUT2D eigenvalue weighted by Gasteiger charge is 2.51. The summed E-state index contributed by atoms with van der Waals surface area (Å²) in [5.74, 6) is 0. The Bertz CT molecular complexity index is 8010. The van der Waals surface area contributed by atoms with Crippen molar-refractivity contribution in [2.45, 2.75) is 0 Å². The molecule has 0 amide bonds. The predicted molar refractivity (Wildman–Crippen MR) is 543 cm³/mol. The number of benzene rings is 20. The van der Waals surface area contributed by atoms with E-state index in [1.807, 2.05) is 0 Å². The lowest BCUT2D eigenvalue weighted by atomic mass is 9.31. The molecule has 0 aromatic heterocycles. The van der Waals surface area contributed by atoms with Crippen molar-refractivity contribution in [2.75, 3.05) is 39.2 Å². The lowest BCUT2D eigenvalue weighted by Crippen LogP contribution is -2.63. The quantitative estimate of drug-likeness (QED) is 0.132. The molecule has 0 unspecified atom stereocenters. The summed E-state index contributed by atoms with van der Waals surface area (Å²) in [6, 6.07) is 169. The molecule has 128 heavy (non-hydrogen) atoms.